The Morgan fingerprint density at radius 2 is 2.00 bits per heavy atom. The van der Waals surface area contributed by atoms with E-state index in [1.165, 1.54) is 0 Å². The van der Waals surface area contributed by atoms with E-state index in [-0.39, 0.29) is 6.04 Å². The van der Waals surface area contributed by atoms with Gasteiger partial charge in [0.2, 0.25) is 0 Å². The lowest BCUT2D eigenvalue weighted by molar-refractivity contribution is 0.239. The fourth-order valence-electron chi connectivity index (χ4n) is 2.37. The van der Waals surface area contributed by atoms with Crippen molar-refractivity contribution in [3.63, 3.8) is 0 Å². The first-order valence-corrected chi connectivity index (χ1v) is 7.54. The van der Waals surface area contributed by atoms with Gasteiger partial charge >= 0.3 is 0 Å². The summed E-state index contributed by atoms with van der Waals surface area (Å²) in [6.45, 7) is 3.15. The quantitative estimate of drug-likeness (QED) is 0.909. The number of pyridine rings is 1. The molecule has 0 aliphatic rings. The Morgan fingerprint density at radius 1 is 1.24 bits per heavy atom. The molecular weight excluding hydrogens is 305 g/mol. The third-order valence-electron chi connectivity index (χ3n) is 3.43. The Bertz CT molecular complexity index is 616. The van der Waals surface area contributed by atoms with Crippen LogP contribution in [0.15, 0.2) is 36.4 Å². The number of halogens is 2. The largest absolute Gasteiger partial charge is 0.329 e. The molecule has 2 rings (SSSR count). The molecule has 3 nitrogen and oxygen atoms in total. The molecule has 1 aromatic heterocycles. The van der Waals surface area contributed by atoms with Crippen LogP contribution in [-0.2, 0) is 6.54 Å². The van der Waals surface area contributed by atoms with Crippen LogP contribution in [-0.4, -0.2) is 23.5 Å². The van der Waals surface area contributed by atoms with E-state index in [2.05, 4.69) is 9.88 Å². The van der Waals surface area contributed by atoms with Gasteiger partial charge in [0.15, 0.2) is 0 Å². The summed E-state index contributed by atoms with van der Waals surface area (Å²) in [5, 5.41) is 1.34. The van der Waals surface area contributed by atoms with E-state index in [4.69, 9.17) is 28.9 Å². The lowest BCUT2D eigenvalue weighted by atomic mass is 10.1. The van der Waals surface area contributed by atoms with Gasteiger partial charge in [-0.05, 0) is 49.9 Å². The first-order valence-electron chi connectivity index (χ1n) is 6.79. The van der Waals surface area contributed by atoms with E-state index < -0.39 is 0 Å². The molecular formula is C16H19Cl2N3. The van der Waals surface area contributed by atoms with E-state index in [0.29, 0.717) is 23.1 Å². The standard InChI is InChI=1S/C16H19Cl2N3/c1-11-4-3-5-13(20-11)10-21(2)16(9-19)14-8-12(17)6-7-15(14)18/h3-8,16H,9-10,19H2,1-2H3. The van der Waals surface area contributed by atoms with Crippen LogP contribution < -0.4 is 5.73 Å². The third kappa shape index (κ3) is 4.17. The summed E-state index contributed by atoms with van der Waals surface area (Å²) >= 11 is 12.4. The number of nitrogens with zero attached hydrogens (tertiary/aromatic N) is 2. The summed E-state index contributed by atoms with van der Waals surface area (Å²) in [7, 11) is 2.01. The van der Waals surface area contributed by atoms with Crippen molar-refractivity contribution < 1.29 is 0 Å². The Balaban J connectivity index is 2.22. The lowest BCUT2D eigenvalue weighted by Gasteiger charge is -2.28. The second kappa shape index (κ2) is 7.23. The molecule has 2 N–H and O–H groups in total. The Kier molecular flexibility index (Phi) is 5.59. The minimum absolute atomic E-state index is 0.00138. The van der Waals surface area contributed by atoms with Crippen molar-refractivity contribution >= 4 is 23.2 Å². The van der Waals surface area contributed by atoms with Gasteiger partial charge in [0.05, 0.1) is 5.69 Å². The molecule has 0 aliphatic heterocycles. The average molecular weight is 324 g/mol. The number of likely N-dealkylation sites (N-methyl/N-ethyl adjacent to an activating group) is 1. The predicted octanol–water partition coefficient (Wildman–Crippen LogP) is 3.83. The molecule has 2 aromatic rings. The second-order valence-electron chi connectivity index (χ2n) is 5.10. The van der Waals surface area contributed by atoms with Gasteiger partial charge in [0.25, 0.3) is 0 Å². The summed E-state index contributed by atoms with van der Waals surface area (Å²) in [6.07, 6.45) is 0. The van der Waals surface area contributed by atoms with Crippen LogP contribution in [0.25, 0.3) is 0 Å². The monoisotopic (exact) mass is 323 g/mol. The molecule has 1 unspecified atom stereocenters. The highest BCUT2D eigenvalue weighted by atomic mass is 35.5. The Hall–Kier alpha value is -1.13. The van der Waals surface area contributed by atoms with Crippen LogP contribution in [0.4, 0.5) is 0 Å². The van der Waals surface area contributed by atoms with Gasteiger partial charge in [0, 0.05) is 34.9 Å². The molecule has 0 amide bonds. The number of nitrogens with two attached hydrogens (primary N) is 1. The fraction of sp³-hybridized carbons (Fsp3) is 0.312. The SMILES string of the molecule is Cc1cccc(CN(C)C(CN)c2cc(Cl)ccc2Cl)n1. The predicted molar refractivity (Wildman–Crippen MR) is 88.7 cm³/mol. The van der Waals surface area contributed by atoms with Crippen molar-refractivity contribution in [3.05, 3.63) is 63.4 Å². The maximum atomic E-state index is 6.29. The van der Waals surface area contributed by atoms with Gasteiger partial charge in [0.1, 0.15) is 0 Å². The number of hydrogen-bond donors (Lipinski definition) is 1. The van der Waals surface area contributed by atoms with Gasteiger partial charge in [-0.2, -0.15) is 0 Å². The molecule has 0 saturated carbocycles. The summed E-state index contributed by atoms with van der Waals surface area (Å²) in [6, 6.07) is 11.5. The van der Waals surface area contributed by atoms with E-state index in [9.17, 15) is 0 Å². The van der Waals surface area contributed by atoms with E-state index in [1.54, 1.807) is 12.1 Å². The minimum atomic E-state index is -0.00138. The number of hydrogen-bond acceptors (Lipinski definition) is 3. The molecule has 1 aromatic carbocycles. The number of benzene rings is 1. The summed E-state index contributed by atoms with van der Waals surface area (Å²) < 4.78 is 0. The topological polar surface area (TPSA) is 42.1 Å². The van der Waals surface area contributed by atoms with Crippen molar-refractivity contribution in [2.75, 3.05) is 13.6 Å². The van der Waals surface area contributed by atoms with Crippen molar-refractivity contribution in [2.24, 2.45) is 5.73 Å². The zero-order valence-corrected chi connectivity index (χ0v) is 13.7. The second-order valence-corrected chi connectivity index (χ2v) is 5.95. The molecule has 21 heavy (non-hydrogen) atoms. The number of aromatic nitrogens is 1. The van der Waals surface area contributed by atoms with Gasteiger partial charge in [-0.3, -0.25) is 9.88 Å². The maximum absolute atomic E-state index is 6.29. The van der Waals surface area contributed by atoms with Crippen LogP contribution in [0.5, 0.6) is 0 Å². The van der Waals surface area contributed by atoms with Gasteiger partial charge in [-0.25, -0.2) is 0 Å². The van der Waals surface area contributed by atoms with Crippen molar-refractivity contribution in [1.82, 2.24) is 9.88 Å². The highest BCUT2D eigenvalue weighted by Crippen LogP contribution is 2.29. The smallest absolute Gasteiger partial charge is 0.0547 e. The molecule has 0 aliphatic carbocycles. The molecule has 1 atom stereocenters. The minimum Gasteiger partial charge on any atom is -0.329 e. The van der Waals surface area contributed by atoms with Crippen LogP contribution in [0.1, 0.15) is 23.0 Å². The Morgan fingerprint density at radius 3 is 2.67 bits per heavy atom. The molecule has 5 heteroatoms. The summed E-state index contributed by atoms with van der Waals surface area (Å²) in [5.74, 6) is 0. The van der Waals surface area contributed by atoms with Crippen LogP contribution in [0.2, 0.25) is 10.0 Å². The normalized spacial score (nSPS) is 12.7. The van der Waals surface area contributed by atoms with Crippen LogP contribution in [0.3, 0.4) is 0 Å². The highest BCUT2D eigenvalue weighted by Gasteiger charge is 2.19. The molecule has 0 bridgehead atoms. The first-order chi connectivity index (χ1) is 10.0. The number of aryl methyl sites for hydroxylation is 1. The molecule has 0 radical (unpaired) electrons. The van der Waals surface area contributed by atoms with Crippen LogP contribution >= 0.6 is 23.2 Å². The highest BCUT2D eigenvalue weighted by molar-refractivity contribution is 6.33. The lowest BCUT2D eigenvalue weighted by Crippen LogP contribution is -2.30. The zero-order valence-electron chi connectivity index (χ0n) is 12.2. The zero-order chi connectivity index (χ0) is 15.4. The molecule has 0 fully saturated rings. The fourth-order valence-corrected chi connectivity index (χ4v) is 2.79. The van der Waals surface area contributed by atoms with Gasteiger partial charge < -0.3 is 5.73 Å². The molecule has 1 heterocycles. The van der Waals surface area contributed by atoms with Crippen molar-refractivity contribution in [3.8, 4) is 0 Å². The molecule has 0 saturated heterocycles. The van der Waals surface area contributed by atoms with Crippen molar-refractivity contribution in [2.45, 2.75) is 19.5 Å². The maximum Gasteiger partial charge on any atom is 0.0547 e. The van der Waals surface area contributed by atoms with E-state index >= 15 is 0 Å². The summed E-state index contributed by atoms with van der Waals surface area (Å²) in [4.78, 5) is 6.66. The third-order valence-corrected chi connectivity index (χ3v) is 4.01. The van der Waals surface area contributed by atoms with Crippen molar-refractivity contribution in [1.29, 1.82) is 0 Å². The van der Waals surface area contributed by atoms with E-state index in [1.807, 2.05) is 38.2 Å². The summed E-state index contributed by atoms with van der Waals surface area (Å²) in [5.41, 5.74) is 8.90. The van der Waals surface area contributed by atoms with Gasteiger partial charge in [-0.1, -0.05) is 29.3 Å². The molecule has 0 spiro atoms. The van der Waals surface area contributed by atoms with E-state index in [0.717, 1.165) is 17.0 Å². The molecule has 112 valence electrons. The van der Waals surface area contributed by atoms with Gasteiger partial charge in [-0.15, -0.1) is 0 Å². The Labute approximate surface area is 135 Å². The number of rotatable bonds is 5. The first kappa shape index (κ1) is 16.2. The average Bonchev–Trinajstić information content (AvgIpc) is 2.43. The van der Waals surface area contributed by atoms with Crippen LogP contribution in [0, 0.1) is 6.92 Å².